The molecule has 1 heterocycles. The van der Waals surface area contributed by atoms with Gasteiger partial charge in [-0.25, -0.2) is 4.79 Å². The molecule has 1 N–H and O–H groups in total. The summed E-state index contributed by atoms with van der Waals surface area (Å²) in [5, 5.41) is 2.94. The second-order valence-corrected chi connectivity index (χ2v) is 5.25. The molecule has 2 unspecified atom stereocenters. The van der Waals surface area contributed by atoms with E-state index in [1.807, 2.05) is 0 Å². The summed E-state index contributed by atoms with van der Waals surface area (Å²) in [6.07, 6.45) is 7.51. The zero-order valence-electron chi connectivity index (χ0n) is 11.7. The topological polar surface area (TPSA) is 68.3 Å². The summed E-state index contributed by atoms with van der Waals surface area (Å²) in [5.74, 6) is -0.271. The van der Waals surface area contributed by atoms with E-state index in [0.717, 1.165) is 19.3 Å². The minimum atomic E-state index is -0.523. The van der Waals surface area contributed by atoms with Crippen molar-refractivity contribution in [3.8, 4) is 0 Å². The number of carbonyl (C=O) groups is 2. The van der Waals surface area contributed by atoms with Crippen LogP contribution in [0.3, 0.4) is 0 Å². The summed E-state index contributed by atoms with van der Waals surface area (Å²) >= 11 is 0. The van der Waals surface area contributed by atoms with Crippen LogP contribution in [0, 0.1) is 5.92 Å². The van der Waals surface area contributed by atoms with Crippen molar-refractivity contribution in [2.75, 3.05) is 6.61 Å². The molecule has 2 atom stereocenters. The highest BCUT2D eigenvalue weighted by Gasteiger charge is 2.23. The maximum Gasteiger partial charge on any atom is 0.340 e. The van der Waals surface area contributed by atoms with Crippen LogP contribution in [0.15, 0.2) is 24.5 Å². The van der Waals surface area contributed by atoms with Gasteiger partial charge in [-0.3, -0.25) is 9.78 Å². The fourth-order valence-electron chi connectivity index (χ4n) is 2.48. The van der Waals surface area contributed by atoms with Crippen LogP contribution in [0.1, 0.15) is 43.0 Å². The number of ether oxygens (including phenoxy) is 1. The van der Waals surface area contributed by atoms with Gasteiger partial charge in [0.25, 0.3) is 5.91 Å². The number of pyridine rings is 1. The molecule has 0 bridgehead atoms. The Labute approximate surface area is 118 Å². The SMILES string of the molecule is CC1CCCCC1NC(=O)COC(=O)c1cccnc1. The van der Waals surface area contributed by atoms with Gasteiger partial charge in [0.15, 0.2) is 6.61 Å². The van der Waals surface area contributed by atoms with E-state index in [-0.39, 0.29) is 18.6 Å². The molecule has 1 aromatic heterocycles. The van der Waals surface area contributed by atoms with Crippen LogP contribution in [0.25, 0.3) is 0 Å². The molecule has 0 saturated heterocycles. The number of hydrogen-bond acceptors (Lipinski definition) is 4. The molecule has 20 heavy (non-hydrogen) atoms. The largest absolute Gasteiger partial charge is 0.452 e. The van der Waals surface area contributed by atoms with Crippen molar-refractivity contribution in [2.45, 2.75) is 38.6 Å². The first kappa shape index (κ1) is 14.5. The maximum absolute atomic E-state index is 11.8. The predicted molar refractivity (Wildman–Crippen MR) is 74.1 cm³/mol. The minimum absolute atomic E-state index is 0.202. The first-order valence-electron chi connectivity index (χ1n) is 7.03. The van der Waals surface area contributed by atoms with Crippen molar-refractivity contribution in [3.05, 3.63) is 30.1 Å². The monoisotopic (exact) mass is 276 g/mol. The third-order valence-corrected chi connectivity index (χ3v) is 3.69. The second kappa shape index (κ2) is 7.03. The van der Waals surface area contributed by atoms with Gasteiger partial charge >= 0.3 is 5.97 Å². The number of rotatable bonds is 4. The molecule has 5 nitrogen and oxygen atoms in total. The Kier molecular flexibility index (Phi) is 5.09. The Morgan fingerprint density at radius 2 is 2.20 bits per heavy atom. The van der Waals surface area contributed by atoms with Crippen molar-refractivity contribution in [1.29, 1.82) is 0 Å². The normalized spacial score (nSPS) is 22.1. The fourth-order valence-corrected chi connectivity index (χ4v) is 2.48. The molecule has 1 aliphatic rings. The minimum Gasteiger partial charge on any atom is -0.452 e. The molecule has 1 fully saturated rings. The summed E-state index contributed by atoms with van der Waals surface area (Å²) in [6.45, 7) is 1.91. The van der Waals surface area contributed by atoms with E-state index < -0.39 is 5.97 Å². The molecule has 1 amide bonds. The first-order valence-corrected chi connectivity index (χ1v) is 7.03. The van der Waals surface area contributed by atoms with Gasteiger partial charge in [0.1, 0.15) is 0 Å². The zero-order chi connectivity index (χ0) is 14.4. The summed E-state index contributed by atoms with van der Waals surface area (Å²) in [4.78, 5) is 27.3. The highest BCUT2D eigenvalue weighted by Crippen LogP contribution is 2.23. The lowest BCUT2D eigenvalue weighted by Crippen LogP contribution is -2.42. The maximum atomic E-state index is 11.8. The lowest BCUT2D eigenvalue weighted by Gasteiger charge is -2.29. The number of hydrogen-bond donors (Lipinski definition) is 1. The van der Waals surface area contributed by atoms with Crippen molar-refractivity contribution in [2.24, 2.45) is 5.92 Å². The van der Waals surface area contributed by atoms with E-state index in [4.69, 9.17) is 4.74 Å². The van der Waals surface area contributed by atoms with Gasteiger partial charge in [-0.15, -0.1) is 0 Å². The van der Waals surface area contributed by atoms with Crippen LogP contribution in [0.4, 0.5) is 0 Å². The van der Waals surface area contributed by atoms with Crippen LogP contribution in [0.5, 0.6) is 0 Å². The summed E-state index contributed by atoms with van der Waals surface area (Å²) in [6, 6.07) is 3.46. The highest BCUT2D eigenvalue weighted by molar-refractivity contribution is 5.90. The van der Waals surface area contributed by atoms with Crippen molar-refractivity contribution < 1.29 is 14.3 Å². The third-order valence-electron chi connectivity index (χ3n) is 3.69. The van der Waals surface area contributed by atoms with Crippen molar-refractivity contribution in [1.82, 2.24) is 10.3 Å². The summed E-state index contributed by atoms with van der Waals surface area (Å²) in [5.41, 5.74) is 0.353. The predicted octanol–water partition coefficient (Wildman–Crippen LogP) is 1.93. The molecular formula is C15H20N2O3. The number of aromatic nitrogens is 1. The number of esters is 1. The van der Waals surface area contributed by atoms with Gasteiger partial charge in [-0.05, 0) is 30.9 Å². The standard InChI is InChI=1S/C15H20N2O3/c1-11-5-2-3-7-13(11)17-14(18)10-20-15(19)12-6-4-8-16-9-12/h4,6,8-9,11,13H,2-3,5,7,10H2,1H3,(H,17,18). The van der Waals surface area contributed by atoms with E-state index in [0.29, 0.717) is 11.5 Å². The fraction of sp³-hybridized carbons (Fsp3) is 0.533. The second-order valence-electron chi connectivity index (χ2n) is 5.25. The van der Waals surface area contributed by atoms with Crippen LogP contribution in [0.2, 0.25) is 0 Å². The number of nitrogens with zero attached hydrogens (tertiary/aromatic N) is 1. The van der Waals surface area contributed by atoms with Gasteiger partial charge in [-0.2, -0.15) is 0 Å². The average molecular weight is 276 g/mol. The van der Waals surface area contributed by atoms with Crippen LogP contribution in [-0.2, 0) is 9.53 Å². The number of nitrogens with one attached hydrogen (secondary N) is 1. The van der Waals surface area contributed by atoms with Gasteiger partial charge in [0.2, 0.25) is 0 Å². The van der Waals surface area contributed by atoms with E-state index in [9.17, 15) is 9.59 Å². The molecule has 0 radical (unpaired) electrons. The summed E-state index contributed by atoms with van der Waals surface area (Å²) < 4.78 is 4.98. The van der Waals surface area contributed by atoms with Crippen LogP contribution < -0.4 is 5.32 Å². The Hall–Kier alpha value is -1.91. The molecule has 2 rings (SSSR count). The number of carbonyl (C=O) groups excluding carboxylic acids is 2. The Morgan fingerprint density at radius 3 is 2.90 bits per heavy atom. The molecule has 0 aliphatic heterocycles. The first-order chi connectivity index (χ1) is 9.66. The zero-order valence-corrected chi connectivity index (χ0v) is 11.7. The van der Waals surface area contributed by atoms with E-state index in [1.54, 1.807) is 18.3 Å². The molecule has 108 valence electrons. The third kappa shape index (κ3) is 4.05. The Bertz CT molecular complexity index is 461. The van der Waals surface area contributed by atoms with E-state index in [1.165, 1.54) is 12.6 Å². The van der Waals surface area contributed by atoms with Crippen molar-refractivity contribution in [3.63, 3.8) is 0 Å². The lowest BCUT2D eigenvalue weighted by atomic mass is 9.86. The average Bonchev–Trinajstić information content (AvgIpc) is 2.48. The number of amides is 1. The Balaban J connectivity index is 1.76. The van der Waals surface area contributed by atoms with E-state index >= 15 is 0 Å². The lowest BCUT2D eigenvalue weighted by molar-refractivity contribution is -0.125. The van der Waals surface area contributed by atoms with E-state index in [2.05, 4.69) is 17.2 Å². The highest BCUT2D eigenvalue weighted by atomic mass is 16.5. The van der Waals surface area contributed by atoms with Gasteiger partial charge in [0, 0.05) is 18.4 Å². The Morgan fingerprint density at radius 1 is 1.40 bits per heavy atom. The molecule has 0 spiro atoms. The molecule has 0 aromatic carbocycles. The van der Waals surface area contributed by atoms with Crippen LogP contribution >= 0.6 is 0 Å². The quantitative estimate of drug-likeness (QED) is 0.853. The molecule has 1 aromatic rings. The van der Waals surface area contributed by atoms with Gasteiger partial charge in [-0.1, -0.05) is 19.8 Å². The van der Waals surface area contributed by atoms with Crippen LogP contribution in [-0.4, -0.2) is 29.5 Å². The molecule has 5 heteroatoms. The summed E-state index contributed by atoms with van der Waals surface area (Å²) in [7, 11) is 0. The van der Waals surface area contributed by atoms with Gasteiger partial charge < -0.3 is 10.1 Å². The molecular weight excluding hydrogens is 256 g/mol. The van der Waals surface area contributed by atoms with Crippen molar-refractivity contribution >= 4 is 11.9 Å². The molecule has 1 aliphatic carbocycles. The smallest absolute Gasteiger partial charge is 0.340 e. The molecule has 1 saturated carbocycles. The van der Waals surface area contributed by atoms with Gasteiger partial charge in [0.05, 0.1) is 5.56 Å².